The quantitative estimate of drug-likeness (QED) is 0.937. The fraction of sp³-hybridized carbons (Fsp3) is 0.231. The third-order valence-electron chi connectivity index (χ3n) is 2.77. The SMILES string of the molecule is Cc1nc(CS(=O)(=O)c2cc(C(=O)O)ccc2C)cs1. The van der Waals surface area contributed by atoms with Crippen LogP contribution >= 0.6 is 11.3 Å². The number of carboxylic acid groups (broad SMARTS) is 1. The molecule has 0 aliphatic rings. The molecule has 1 heterocycles. The lowest BCUT2D eigenvalue weighted by Gasteiger charge is -2.07. The van der Waals surface area contributed by atoms with Crippen molar-refractivity contribution in [3.05, 3.63) is 45.4 Å². The number of aromatic nitrogens is 1. The number of aromatic carboxylic acids is 1. The molecule has 2 aromatic rings. The van der Waals surface area contributed by atoms with E-state index in [1.807, 2.05) is 0 Å². The first kappa shape index (κ1) is 14.7. The molecule has 0 radical (unpaired) electrons. The maximum atomic E-state index is 12.4. The van der Waals surface area contributed by atoms with Gasteiger partial charge in [-0.1, -0.05) is 6.07 Å². The fourth-order valence-electron chi connectivity index (χ4n) is 1.82. The monoisotopic (exact) mass is 311 g/mol. The third-order valence-corrected chi connectivity index (χ3v) is 5.38. The summed E-state index contributed by atoms with van der Waals surface area (Å²) in [6, 6.07) is 4.10. The van der Waals surface area contributed by atoms with E-state index < -0.39 is 15.8 Å². The molecule has 2 rings (SSSR count). The smallest absolute Gasteiger partial charge is 0.335 e. The predicted molar refractivity (Wildman–Crippen MR) is 75.9 cm³/mol. The predicted octanol–water partition coefficient (Wildman–Crippen LogP) is 2.43. The van der Waals surface area contributed by atoms with Crippen LogP contribution in [0, 0.1) is 13.8 Å². The van der Waals surface area contributed by atoms with Gasteiger partial charge in [-0.05, 0) is 31.5 Å². The van der Waals surface area contributed by atoms with Gasteiger partial charge in [0.05, 0.1) is 26.9 Å². The van der Waals surface area contributed by atoms with Crippen LogP contribution in [0.1, 0.15) is 26.6 Å². The Labute approximate surface area is 120 Å². The molecule has 1 N–H and O–H groups in total. The summed E-state index contributed by atoms with van der Waals surface area (Å²) in [5.74, 6) is -1.37. The van der Waals surface area contributed by atoms with Crippen molar-refractivity contribution in [2.45, 2.75) is 24.5 Å². The molecule has 0 saturated heterocycles. The highest BCUT2D eigenvalue weighted by Gasteiger charge is 2.21. The first-order valence-electron chi connectivity index (χ1n) is 5.77. The zero-order valence-corrected chi connectivity index (χ0v) is 12.6. The Hall–Kier alpha value is -1.73. The Kier molecular flexibility index (Phi) is 3.92. The molecule has 0 aliphatic carbocycles. The minimum atomic E-state index is -3.61. The molecule has 0 aliphatic heterocycles. The highest BCUT2D eigenvalue weighted by atomic mass is 32.2. The van der Waals surface area contributed by atoms with Gasteiger partial charge in [-0.3, -0.25) is 0 Å². The number of carbonyl (C=O) groups is 1. The lowest BCUT2D eigenvalue weighted by Crippen LogP contribution is -2.09. The van der Waals surface area contributed by atoms with Crippen LogP contribution in [0.3, 0.4) is 0 Å². The van der Waals surface area contributed by atoms with Gasteiger partial charge in [0.25, 0.3) is 0 Å². The zero-order chi connectivity index (χ0) is 14.9. The van der Waals surface area contributed by atoms with E-state index in [4.69, 9.17) is 5.11 Å². The second-order valence-corrected chi connectivity index (χ2v) is 7.42. The first-order valence-corrected chi connectivity index (χ1v) is 8.30. The van der Waals surface area contributed by atoms with Crippen molar-refractivity contribution in [1.29, 1.82) is 0 Å². The van der Waals surface area contributed by atoms with Crippen LogP contribution in [0.2, 0.25) is 0 Å². The summed E-state index contributed by atoms with van der Waals surface area (Å²) >= 11 is 1.38. The van der Waals surface area contributed by atoms with Crippen molar-refractivity contribution >= 4 is 27.1 Å². The van der Waals surface area contributed by atoms with Crippen LogP contribution in [0.5, 0.6) is 0 Å². The number of aryl methyl sites for hydroxylation is 2. The summed E-state index contributed by atoms with van der Waals surface area (Å²) in [6.45, 7) is 3.45. The van der Waals surface area contributed by atoms with E-state index in [2.05, 4.69) is 4.98 Å². The van der Waals surface area contributed by atoms with E-state index in [1.165, 1.54) is 29.5 Å². The number of rotatable bonds is 4. The number of hydrogen-bond acceptors (Lipinski definition) is 5. The Bertz CT molecular complexity index is 762. The molecule has 0 fully saturated rings. The zero-order valence-electron chi connectivity index (χ0n) is 11.0. The van der Waals surface area contributed by atoms with E-state index in [1.54, 1.807) is 19.2 Å². The Balaban J connectivity index is 2.43. The minimum Gasteiger partial charge on any atom is -0.478 e. The fourth-order valence-corrected chi connectivity index (χ4v) is 4.09. The number of thiazole rings is 1. The van der Waals surface area contributed by atoms with E-state index in [-0.39, 0.29) is 16.2 Å². The van der Waals surface area contributed by atoms with Gasteiger partial charge >= 0.3 is 5.97 Å². The molecule has 0 bridgehead atoms. The van der Waals surface area contributed by atoms with Gasteiger partial charge in [0.1, 0.15) is 0 Å². The Morgan fingerprint density at radius 1 is 1.35 bits per heavy atom. The van der Waals surface area contributed by atoms with Crippen molar-refractivity contribution in [3.8, 4) is 0 Å². The van der Waals surface area contributed by atoms with E-state index >= 15 is 0 Å². The van der Waals surface area contributed by atoms with Gasteiger partial charge in [-0.2, -0.15) is 0 Å². The molecule has 7 heteroatoms. The highest BCUT2D eigenvalue weighted by Crippen LogP contribution is 2.22. The maximum Gasteiger partial charge on any atom is 0.335 e. The molecule has 0 unspecified atom stereocenters. The van der Waals surface area contributed by atoms with Crippen molar-refractivity contribution < 1.29 is 18.3 Å². The average Bonchev–Trinajstić information content (AvgIpc) is 2.73. The van der Waals surface area contributed by atoms with Gasteiger partial charge in [0.15, 0.2) is 9.84 Å². The number of nitrogens with zero attached hydrogens (tertiary/aromatic N) is 1. The largest absolute Gasteiger partial charge is 0.478 e. The third kappa shape index (κ3) is 3.05. The van der Waals surface area contributed by atoms with Gasteiger partial charge < -0.3 is 5.11 Å². The molecule has 1 aromatic heterocycles. The molecular weight excluding hydrogens is 298 g/mol. The van der Waals surface area contributed by atoms with Crippen LogP contribution in [-0.2, 0) is 15.6 Å². The van der Waals surface area contributed by atoms with E-state index in [0.717, 1.165) is 5.01 Å². The number of sulfone groups is 1. The normalized spacial score (nSPS) is 11.5. The van der Waals surface area contributed by atoms with Gasteiger partial charge in [0, 0.05) is 5.38 Å². The van der Waals surface area contributed by atoms with Crippen molar-refractivity contribution in [3.63, 3.8) is 0 Å². The van der Waals surface area contributed by atoms with Crippen LogP contribution in [0.15, 0.2) is 28.5 Å². The van der Waals surface area contributed by atoms with Crippen molar-refractivity contribution in [2.24, 2.45) is 0 Å². The second-order valence-electron chi connectivity index (χ2n) is 4.40. The summed E-state index contributed by atoms with van der Waals surface area (Å²) in [5.41, 5.74) is 0.971. The Morgan fingerprint density at radius 3 is 2.60 bits per heavy atom. The summed E-state index contributed by atoms with van der Waals surface area (Å²) in [5, 5.41) is 11.4. The second kappa shape index (κ2) is 5.34. The standard InChI is InChI=1S/C13H13NO4S2/c1-8-3-4-10(13(15)16)5-12(8)20(17,18)7-11-6-19-9(2)14-11/h3-6H,7H2,1-2H3,(H,15,16). The highest BCUT2D eigenvalue weighted by molar-refractivity contribution is 7.90. The minimum absolute atomic E-state index is 0.0383. The summed E-state index contributed by atoms with van der Waals surface area (Å²) < 4.78 is 24.8. The molecule has 0 saturated carbocycles. The van der Waals surface area contributed by atoms with E-state index in [0.29, 0.717) is 11.3 Å². The van der Waals surface area contributed by atoms with Crippen LogP contribution in [-0.4, -0.2) is 24.5 Å². The number of hydrogen-bond donors (Lipinski definition) is 1. The van der Waals surface area contributed by atoms with Crippen molar-refractivity contribution in [2.75, 3.05) is 0 Å². The Morgan fingerprint density at radius 2 is 2.05 bits per heavy atom. The van der Waals surface area contributed by atoms with Crippen LogP contribution in [0.25, 0.3) is 0 Å². The number of carboxylic acids is 1. The van der Waals surface area contributed by atoms with Gasteiger partial charge in [0.2, 0.25) is 0 Å². The molecule has 106 valence electrons. The topological polar surface area (TPSA) is 84.3 Å². The molecule has 0 atom stereocenters. The maximum absolute atomic E-state index is 12.4. The lowest BCUT2D eigenvalue weighted by molar-refractivity contribution is 0.0696. The molecule has 20 heavy (non-hydrogen) atoms. The summed E-state index contributed by atoms with van der Waals surface area (Å²) in [7, 11) is -3.61. The van der Waals surface area contributed by atoms with Crippen LogP contribution < -0.4 is 0 Å². The van der Waals surface area contributed by atoms with Gasteiger partial charge in [-0.15, -0.1) is 11.3 Å². The van der Waals surface area contributed by atoms with Gasteiger partial charge in [-0.25, -0.2) is 18.2 Å². The van der Waals surface area contributed by atoms with Crippen LogP contribution in [0.4, 0.5) is 0 Å². The summed E-state index contributed by atoms with van der Waals surface area (Å²) in [6.07, 6.45) is 0. The molecule has 5 nitrogen and oxygen atoms in total. The molecule has 0 spiro atoms. The molecule has 0 amide bonds. The van der Waals surface area contributed by atoms with Crippen molar-refractivity contribution in [1.82, 2.24) is 4.98 Å². The number of benzene rings is 1. The first-order chi connectivity index (χ1) is 9.29. The molecule has 1 aromatic carbocycles. The average molecular weight is 311 g/mol. The molecular formula is C13H13NO4S2. The summed E-state index contributed by atoms with van der Waals surface area (Å²) in [4.78, 5) is 15.1. The van der Waals surface area contributed by atoms with E-state index in [9.17, 15) is 13.2 Å². The lowest BCUT2D eigenvalue weighted by atomic mass is 10.1.